The van der Waals surface area contributed by atoms with Crippen molar-refractivity contribution in [3.63, 3.8) is 0 Å². The maximum Gasteiger partial charge on any atom is 0.212 e. The van der Waals surface area contributed by atoms with Gasteiger partial charge in [0.25, 0.3) is 0 Å². The summed E-state index contributed by atoms with van der Waals surface area (Å²) in [6.07, 6.45) is 1.24. The molecule has 0 bridgehead atoms. The van der Waals surface area contributed by atoms with E-state index in [1.807, 2.05) is 13.0 Å². The summed E-state index contributed by atoms with van der Waals surface area (Å²) in [6.45, 7) is 5.88. The van der Waals surface area contributed by atoms with E-state index in [0.29, 0.717) is 5.69 Å². The summed E-state index contributed by atoms with van der Waals surface area (Å²) < 4.78 is 38.2. The van der Waals surface area contributed by atoms with E-state index >= 15 is 0 Å². The molecule has 0 spiro atoms. The molecule has 1 aromatic heterocycles. The van der Waals surface area contributed by atoms with Crippen molar-refractivity contribution in [2.45, 2.75) is 40.0 Å². The smallest absolute Gasteiger partial charge is 0.200 e. The van der Waals surface area contributed by atoms with Crippen molar-refractivity contribution in [2.24, 2.45) is 7.05 Å². The van der Waals surface area contributed by atoms with Crippen LogP contribution < -0.4 is 4.57 Å². The van der Waals surface area contributed by atoms with Gasteiger partial charge in [0, 0.05) is 15.7 Å². The van der Waals surface area contributed by atoms with Crippen LogP contribution in [-0.4, -0.2) is 0 Å². The van der Waals surface area contributed by atoms with Gasteiger partial charge >= 0.3 is 0 Å². The lowest BCUT2D eigenvalue weighted by molar-refractivity contribution is -0.662. The van der Waals surface area contributed by atoms with Crippen LogP contribution >= 0.6 is 0 Å². The third-order valence-electron chi connectivity index (χ3n) is 3.60. The van der Waals surface area contributed by atoms with Gasteiger partial charge in [0.1, 0.15) is 7.05 Å². The standard InChI is InChI=1S/C18H23FN/c1-12-7-8-14(18(3,4)5)10-15(12)17-9-13(2)16(19)11-20(17)6/h7-11H,1-6H3/q+1/i2D3. The van der Waals surface area contributed by atoms with Gasteiger partial charge in [-0.1, -0.05) is 32.9 Å². The van der Waals surface area contributed by atoms with Crippen molar-refractivity contribution in [3.05, 3.63) is 53.0 Å². The van der Waals surface area contributed by atoms with Crippen molar-refractivity contribution < 1.29 is 13.1 Å². The molecular weight excluding hydrogens is 249 g/mol. The minimum Gasteiger partial charge on any atom is -0.200 e. The lowest BCUT2D eigenvalue weighted by Crippen LogP contribution is -2.32. The van der Waals surface area contributed by atoms with Crippen LogP contribution in [0.2, 0.25) is 0 Å². The summed E-state index contributed by atoms with van der Waals surface area (Å²) in [7, 11) is 1.73. The molecule has 0 saturated carbocycles. The highest BCUT2D eigenvalue weighted by Crippen LogP contribution is 2.29. The molecule has 2 aromatic rings. The second-order valence-electron chi connectivity index (χ2n) is 6.31. The van der Waals surface area contributed by atoms with Crippen molar-refractivity contribution >= 4 is 0 Å². The zero-order valence-electron chi connectivity index (χ0n) is 15.7. The van der Waals surface area contributed by atoms with Crippen molar-refractivity contribution in [2.75, 3.05) is 0 Å². The fourth-order valence-corrected chi connectivity index (χ4v) is 2.25. The van der Waals surface area contributed by atoms with E-state index in [0.717, 1.165) is 16.7 Å². The Morgan fingerprint density at radius 2 is 1.85 bits per heavy atom. The number of nitrogens with zero attached hydrogens (tertiary/aromatic N) is 1. The molecule has 0 radical (unpaired) electrons. The summed E-state index contributed by atoms with van der Waals surface area (Å²) in [5.41, 5.74) is 3.53. The summed E-state index contributed by atoms with van der Waals surface area (Å²) in [5.74, 6) is -0.708. The van der Waals surface area contributed by atoms with Gasteiger partial charge in [0.15, 0.2) is 5.82 Å². The van der Waals surface area contributed by atoms with Crippen LogP contribution in [0.5, 0.6) is 0 Å². The average Bonchev–Trinajstić information content (AvgIpc) is 2.37. The molecule has 0 aliphatic heterocycles. The van der Waals surface area contributed by atoms with Gasteiger partial charge in [-0.2, -0.15) is 4.57 Å². The lowest BCUT2D eigenvalue weighted by atomic mass is 9.85. The monoisotopic (exact) mass is 275 g/mol. The van der Waals surface area contributed by atoms with Gasteiger partial charge < -0.3 is 0 Å². The molecule has 0 aliphatic carbocycles. The molecule has 0 saturated heterocycles. The Hall–Kier alpha value is -1.70. The predicted molar refractivity (Wildman–Crippen MR) is 81.2 cm³/mol. The zero-order chi connectivity index (χ0) is 17.6. The fraction of sp³-hybridized carbons (Fsp3) is 0.389. The first-order chi connectivity index (χ1) is 10.4. The van der Waals surface area contributed by atoms with Crippen LogP contribution in [-0.2, 0) is 12.5 Å². The zero-order valence-corrected chi connectivity index (χ0v) is 12.7. The quantitative estimate of drug-likeness (QED) is 0.686. The van der Waals surface area contributed by atoms with Crippen molar-refractivity contribution in [1.82, 2.24) is 0 Å². The largest absolute Gasteiger partial charge is 0.212 e. The molecule has 1 nitrogen and oxygen atoms in total. The Morgan fingerprint density at radius 3 is 2.45 bits per heavy atom. The molecule has 106 valence electrons. The molecule has 1 heterocycles. The summed E-state index contributed by atoms with van der Waals surface area (Å²) in [5, 5.41) is 0. The maximum absolute atomic E-state index is 14.0. The van der Waals surface area contributed by atoms with Crippen LogP contribution in [0.3, 0.4) is 0 Å². The third-order valence-corrected chi connectivity index (χ3v) is 3.60. The SMILES string of the molecule is [2H]C([2H])([2H])c1cc(-c2cc(C(C)(C)C)ccc2C)[n+](C)cc1F. The Bertz CT molecular complexity index is 743. The Morgan fingerprint density at radius 1 is 1.15 bits per heavy atom. The predicted octanol–water partition coefficient (Wildman–Crippen LogP) is 4.23. The van der Waals surface area contributed by atoms with Crippen molar-refractivity contribution in [3.8, 4) is 11.3 Å². The molecule has 0 aliphatic rings. The molecule has 0 fully saturated rings. The minimum atomic E-state index is -2.47. The highest BCUT2D eigenvalue weighted by atomic mass is 19.1. The number of rotatable bonds is 1. The van der Waals surface area contributed by atoms with Gasteiger partial charge in [-0.25, -0.2) is 4.39 Å². The number of halogens is 1. The van der Waals surface area contributed by atoms with Gasteiger partial charge in [-0.15, -0.1) is 0 Å². The number of pyridine rings is 1. The first kappa shape index (κ1) is 11.0. The third kappa shape index (κ3) is 2.74. The minimum absolute atomic E-state index is 0.0199. The second kappa shape index (κ2) is 5.01. The summed E-state index contributed by atoms with van der Waals surface area (Å²) >= 11 is 0. The Kier molecular flexibility index (Phi) is 2.76. The normalized spacial score (nSPS) is 14.6. The number of aryl methyl sites for hydroxylation is 3. The van der Waals surface area contributed by atoms with Gasteiger partial charge in [0.05, 0.1) is 0 Å². The van der Waals surface area contributed by atoms with Gasteiger partial charge in [-0.05, 0) is 41.9 Å². The van der Waals surface area contributed by atoms with E-state index in [-0.39, 0.29) is 11.0 Å². The topological polar surface area (TPSA) is 3.88 Å². The molecule has 0 unspecified atom stereocenters. The molecule has 0 atom stereocenters. The highest BCUT2D eigenvalue weighted by molar-refractivity contribution is 5.63. The average molecular weight is 275 g/mol. The highest BCUT2D eigenvalue weighted by Gasteiger charge is 2.19. The number of hydrogen-bond donors (Lipinski definition) is 0. The second-order valence-corrected chi connectivity index (χ2v) is 6.31. The molecular formula is C18H23FN+. The van der Waals surface area contributed by atoms with E-state index in [1.54, 1.807) is 11.6 Å². The van der Waals surface area contributed by atoms with Crippen LogP contribution in [0.1, 0.15) is 41.6 Å². The van der Waals surface area contributed by atoms with Crippen LogP contribution in [0, 0.1) is 19.6 Å². The molecule has 1 aromatic carbocycles. The molecule has 0 N–H and O–H groups in total. The van der Waals surface area contributed by atoms with Crippen LogP contribution in [0.25, 0.3) is 11.3 Å². The fourth-order valence-electron chi connectivity index (χ4n) is 2.25. The van der Waals surface area contributed by atoms with Crippen molar-refractivity contribution in [1.29, 1.82) is 0 Å². The van der Waals surface area contributed by atoms with E-state index < -0.39 is 12.7 Å². The Balaban J connectivity index is 2.72. The number of benzene rings is 1. The number of aromatic nitrogens is 1. The first-order valence-electron chi connectivity index (χ1n) is 8.22. The van der Waals surface area contributed by atoms with E-state index in [2.05, 4.69) is 32.9 Å². The Labute approximate surface area is 125 Å². The maximum atomic E-state index is 14.0. The molecule has 2 rings (SSSR count). The molecule has 2 heteroatoms. The van der Waals surface area contributed by atoms with Gasteiger partial charge in [0.2, 0.25) is 11.9 Å². The van der Waals surface area contributed by atoms with E-state index in [9.17, 15) is 4.39 Å². The molecule has 20 heavy (non-hydrogen) atoms. The van der Waals surface area contributed by atoms with Crippen LogP contribution in [0.15, 0.2) is 30.5 Å². The van der Waals surface area contributed by atoms with Gasteiger partial charge in [-0.3, -0.25) is 0 Å². The summed E-state index contributed by atoms with van der Waals surface area (Å²) in [6, 6.07) is 7.60. The molecule has 0 amide bonds. The summed E-state index contributed by atoms with van der Waals surface area (Å²) in [4.78, 5) is 0. The number of hydrogen-bond acceptors (Lipinski definition) is 0. The van der Waals surface area contributed by atoms with E-state index in [4.69, 9.17) is 4.11 Å². The first-order valence-corrected chi connectivity index (χ1v) is 6.72. The lowest BCUT2D eigenvalue weighted by Gasteiger charge is -2.20. The van der Waals surface area contributed by atoms with Crippen LogP contribution in [0.4, 0.5) is 4.39 Å². The van der Waals surface area contributed by atoms with E-state index in [1.165, 1.54) is 12.3 Å².